The molecule has 0 bridgehead atoms. The second kappa shape index (κ2) is 9.18. The Morgan fingerprint density at radius 3 is 2.56 bits per heavy atom. The summed E-state index contributed by atoms with van der Waals surface area (Å²) in [6.45, 7) is 0.457. The van der Waals surface area contributed by atoms with Gasteiger partial charge in [-0.05, 0) is 77.2 Å². The quantitative estimate of drug-likeness (QED) is 0.330. The molecule has 2 N–H and O–H groups in total. The predicted molar refractivity (Wildman–Crippen MR) is 130 cm³/mol. The average molecular weight is 419 g/mol. The molecule has 0 aliphatic heterocycles. The van der Waals surface area contributed by atoms with Gasteiger partial charge in [0.2, 0.25) is 0 Å². The number of fused-ring (bicyclic) bond motifs is 1. The SMILES string of the molecule is C(=C\c1cc(/C=C/c2ccc3[nH]ccc3c2)[nH]n1)/c1ccc(OCc2ccccn2)cc1. The van der Waals surface area contributed by atoms with Crippen molar-refractivity contribution in [3.8, 4) is 5.75 Å². The van der Waals surface area contributed by atoms with Gasteiger partial charge in [-0.3, -0.25) is 10.1 Å². The Hall–Kier alpha value is -4.38. The Morgan fingerprint density at radius 2 is 1.69 bits per heavy atom. The van der Waals surface area contributed by atoms with Crippen LogP contribution in [0.4, 0.5) is 0 Å². The number of benzene rings is 2. The van der Waals surface area contributed by atoms with Crippen LogP contribution in [0, 0.1) is 0 Å². The van der Waals surface area contributed by atoms with Gasteiger partial charge >= 0.3 is 0 Å². The fraction of sp³-hybridized carbons (Fsp3) is 0.0370. The van der Waals surface area contributed by atoms with Gasteiger partial charge in [-0.2, -0.15) is 5.10 Å². The molecule has 5 rings (SSSR count). The predicted octanol–water partition coefficient (Wildman–Crippen LogP) is 6.21. The van der Waals surface area contributed by atoms with Gasteiger partial charge in [0.15, 0.2) is 0 Å². The molecule has 0 amide bonds. The lowest BCUT2D eigenvalue weighted by atomic mass is 10.1. The van der Waals surface area contributed by atoms with Gasteiger partial charge < -0.3 is 9.72 Å². The molecule has 0 spiro atoms. The lowest BCUT2D eigenvalue weighted by molar-refractivity contribution is 0.301. The van der Waals surface area contributed by atoms with Gasteiger partial charge in [0.1, 0.15) is 12.4 Å². The standard InChI is InChI=1S/C27H22N4O/c1-2-15-28-25(3-1)19-32-26-11-6-20(7-12-26)4-9-23-18-24(31-30-23)10-5-21-8-13-27-22(17-21)14-16-29-27/h1-18,29H,19H2,(H,30,31)/b9-4+,10-5+. The highest BCUT2D eigenvalue weighted by Gasteiger charge is 1.99. The molecule has 5 aromatic rings. The number of hydrogen-bond acceptors (Lipinski definition) is 3. The van der Waals surface area contributed by atoms with Gasteiger partial charge in [0.05, 0.1) is 17.1 Å². The van der Waals surface area contributed by atoms with E-state index in [1.165, 1.54) is 5.39 Å². The number of pyridine rings is 1. The third-order valence-corrected chi connectivity index (χ3v) is 5.09. The first-order chi connectivity index (χ1) is 15.8. The first-order valence-corrected chi connectivity index (χ1v) is 10.4. The van der Waals surface area contributed by atoms with Crippen LogP contribution in [-0.4, -0.2) is 20.2 Å². The van der Waals surface area contributed by atoms with E-state index in [0.717, 1.165) is 39.5 Å². The summed E-state index contributed by atoms with van der Waals surface area (Å²) >= 11 is 0. The summed E-state index contributed by atoms with van der Waals surface area (Å²) < 4.78 is 5.78. The van der Waals surface area contributed by atoms with Crippen LogP contribution in [0.1, 0.15) is 28.2 Å². The number of hydrogen-bond donors (Lipinski definition) is 2. The highest BCUT2D eigenvalue weighted by Crippen LogP contribution is 2.18. The van der Waals surface area contributed by atoms with Crippen LogP contribution in [0.2, 0.25) is 0 Å². The van der Waals surface area contributed by atoms with Gasteiger partial charge in [0.25, 0.3) is 0 Å². The van der Waals surface area contributed by atoms with E-state index in [0.29, 0.717) is 6.61 Å². The first kappa shape index (κ1) is 19.6. The second-order valence-electron chi connectivity index (χ2n) is 7.42. The molecule has 3 heterocycles. The highest BCUT2D eigenvalue weighted by atomic mass is 16.5. The Morgan fingerprint density at radius 1 is 0.812 bits per heavy atom. The van der Waals surface area contributed by atoms with Crippen molar-refractivity contribution in [1.29, 1.82) is 0 Å². The summed E-state index contributed by atoms with van der Waals surface area (Å²) in [5, 5.41) is 8.63. The number of rotatable bonds is 7. The zero-order chi connectivity index (χ0) is 21.6. The lowest BCUT2D eigenvalue weighted by Gasteiger charge is -2.05. The van der Waals surface area contributed by atoms with Crippen LogP contribution in [0.5, 0.6) is 5.75 Å². The van der Waals surface area contributed by atoms with Crippen molar-refractivity contribution in [1.82, 2.24) is 20.2 Å². The first-order valence-electron chi connectivity index (χ1n) is 10.4. The number of H-pyrrole nitrogens is 2. The molecule has 0 aliphatic carbocycles. The van der Waals surface area contributed by atoms with Crippen LogP contribution in [-0.2, 0) is 6.61 Å². The van der Waals surface area contributed by atoms with Gasteiger partial charge in [-0.15, -0.1) is 0 Å². The van der Waals surface area contributed by atoms with E-state index in [-0.39, 0.29) is 0 Å². The van der Waals surface area contributed by atoms with Crippen molar-refractivity contribution in [2.75, 3.05) is 0 Å². The molecule has 156 valence electrons. The molecule has 0 atom stereocenters. The summed E-state index contributed by atoms with van der Waals surface area (Å²) in [5.41, 5.74) is 6.11. The maximum absolute atomic E-state index is 5.78. The van der Waals surface area contributed by atoms with Gasteiger partial charge in [-0.25, -0.2) is 0 Å². The lowest BCUT2D eigenvalue weighted by Crippen LogP contribution is -1.97. The average Bonchev–Trinajstić information content (AvgIpc) is 3.50. The fourth-order valence-electron chi connectivity index (χ4n) is 3.38. The minimum atomic E-state index is 0.457. The third-order valence-electron chi connectivity index (χ3n) is 5.09. The van der Waals surface area contributed by atoms with Crippen molar-refractivity contribution in [3.63, 3.8) is 0 Å². The van der Waals surface area contributed by atoms with Crippen LogP contribution < -0.4 is 4.74 Å². The molecule has 5 nitrogen and oxygen atoms in total. The Kier molecular flexibility index (Phi) is 5.62. The number of aromatic amines is 2. The van der Waals surface area contributed by atoms with Crippen LogP contribution in [0.25, 0.3) is 35.2 Å². The molecule has 0 saturated carbocycles. The highest BCUT2D eigenvalue weighted by molar-refractivity contribution is 5.83. The minimum absolute atomic E-state index is 0.457. The van der Waals surface area contributed by atoms with Crippen molar-refractivity contribution in [3.05, 3.63) is 113 Å². The number of ether oxygens (including phenoxy) is 1. The summed E-state index contributed by atoms with van der Waals surface area (Å²) in [4.78, 5) is 7.47. The van der Waals surface area contributed by atoms with E-state index in [9.17, 15) is 0 Å². The molecule has 2 aromatic carbocycles. The minimum Gasteiger partial charge on any atom is -0.487 e. The second-order valence-corrected chi connectivity index (χ2v) is 7.42. The van der Waals surface area contributed by atoms with Crippen molar-refractivity contribution < 1.29 is 4.74 Å². The molecule has 0 fully saturated rings. The van der Waals surface area contributed by atoms with E-state index in [1.807, 2.05) is 73.0 Å². The zero-order valence-corrected chi connectivity index (χ0v) is 17.4. The number of aromatic nitrogens is 4. The summed E-state index contributed by atoms with van der Waals surface area (Å²) in [7, 11) is 0. The summed E-state index contributed by atoms with van der Waals surface area (Å²) in [5.74, 6) is 0.817. The van der Waals surface area contributed by atoms with Crippen molar-refractivity contribution in [2.45, 2.75) is 6.61 Å². The smallest absolute Gasteiger partial charge is 0.130 e. The molecule has 32 heavy (non-hydrogen) atoms. The molecule has 5 heteroatoms. The molecule has 0 aliphatic rings. The number of nitrogens with zero attached hydrogens (tertiary/aromatic N) is 2. The van der Waals surface area contributed by atoms with E-state index in [2.05, 4.69) is 50.5 Å². The molecule has 3 aromatic heterocycles. The Bertz CT molecular complexity index is 1360. The normalized spacial score (nSPS) is 11.6. The van der Waals surface area contributed by atoms with E-state index in [4.69, 9.17) is 4.74 Å². The van der Waals surface area contributed by atoms with Crippen LogP contribution in [0.15, 0.2) is 85.2 Å². The van der Waals surface area contributed by atoms with Crippen LogP contribution in [0.3, 0.4) is 0 Å². The molecule has 0 unspecified atom stereocenters. The van der Waals surface area contributed by atoms with Crippen molar-refractivity contribution >= 4 is 35.2 Å². The monoisotopic (exact) mass is 418 g/mol. The molecule has 0 radical (unpaired) electrons. The van der Waals surface area contributed by atoms with E-state index in [1.54, 1.807) is 6.20 Å². The molecular formula is C27H22N4O. The summed E-state index contributed by atoms with van der Waals surface area (Å²) in [6.07, 6.45) is 11.9. The Balaban J connectivity index is 1.18. The third kappa shape index (κ3) is 4.84. The van der Waals surface area contributed by atoms with E-state index >= 15 is 0 Å². The molecular weight excluding hydrogens is 396 g/mol. The largest absolute Gasteiger partial charge is 0.487 e. The molecule has 0 saturated heterocycles. The van der Waals surface area contributed by atoms with Crippen LogP contribution >= 0.6 is 0 Å². The zero-order valence-electron chi connectivity index (χ0n) is 17.4. The topological polar surface area (TPSA) is 66.6 Å². The Labute approximate surface area is 186 Å². The van der Waals surface area contributed by atoms with Gasteiger partial charge in [0, 0.05) is 17.9 Å². The van der Waals surface area contributed by atoms with Gasteiger partial charge in [-0.1, -0.05) is 36.4 Å². The van der Waals surface area contributed by atoms with E-state index < -0.39 is 0 Å². The van der Waals surface area contributed by atoms with Crippen molar-refractivity contribution in [2.24, 2.45) is 0 Å². The number of nitrogens with one attached hydrogen (secondary N) is 2. The summed E-state index contributed by atoms with van der Waals surface area (Å²) in [6, 6.07) is 24.2. The maximum atomic E-state index is 5.78. The maximum Gasteiger partial charge on any atom is 0.130 e. The fourth-order valence-corrected chi connectivity index (χ4v) is 3.38.